The fourth-order valence-electron chi connectivity index (χ4n) is 6.48. The van der Waals surface area contributed by atoms with Gasteiger partial charge in [0.25, 0.3) is 0 Å². The molecule has 0 aromatic carbocycles. The normalized spacial score (nSPS) is 14.0. The molecule has 0 bridgehead atoms. The third-order valence-corrected chi connectivity index (χ3v) is 9.44. The first-order valence-electron chi connectivity index (χ1n) is 19.0. The highest BCUT2D eigenvalue weighted by atomic mass is 16.5. The first-order valence-corrected chi connectivity index (χ1v) is 19.0. The molecule has 1 heterocycles. The third kappa shape index (κ3) is 21.9. The number of amides is 1. The van der Waals surface area contributed by atoms with E-state index in [-0.39, 0.29) is 0 Å². The Balaban J connectivity index is 2.16. The highest BCUT2D eigenvalue weighted by Gasteiger charge is 2.32. The van der Waals surface area contributed by atoms with E-state index in [2.05, 4.69) is 25.7 Å². The summed E-state index contributed by atoms with van der Waals surface area (Å²) in [5.41, 5.74) is 0. The first-order chi connectivity index (χ1) is 20.7. The number of carbonyl (C=O) groups excluding carboxylic acids is 1. The van der Waals surface area contributed by atoms with Gasteiger partial charge in [-0.3, -0.25) is 9.69 Å². The number of carbonyl (C=O) groups is 1. The summed E-state index contributed by atoms with van der Waals surface area (Å²) in [6.07, 6.45) is 31.2. The van der Waals surface area contributed by atoms with Crippen molar-refractivity contribution in [2.24, 2.45) is 0 Å². The summed E-state index contributed by atoms with van der Waals surface area (Å²) < 4.78 is 13.1. The predicted molar refractivity (Wildman–Crippen MR) is 181 cm³/mol. The Bertz CT molecular complexity index is 553. The molecule has 0 spiro atoms. The molecule has 0 unspecified atom stereocenters. The molecule has 1 aliphatic heterocycles. The summed E-state index contributed by atoms with van der Waals surface area (Å²) in [4.78, 5) is 14.6. The maximum absolute atomic E-state index is 12.4. The minimum Gasteiger partial charge on any atom is -0.381 e. The van der Waals surface area contributed by atoms with Crippen LogP contribution in [0.1, 0.15) is 175 Å². The van der Waals surface area contributed by atoms with Crippen molar-refractivity contribution in [3.05, 3.63) is 0 Å². The van der Waals surface area contributed by atoms with Crippen LogP contribution >= 0.6 is 0 Å². The Hall–Kier alpha value is -0.650. The van der Waals surface area contributed by atoms with Crippen molar-refractivity contribution in [2.45, 2.75) is 175 Å². The highest BCUT2D eigenvalue weighted by molar-refractivity contribution is 5.77. The molecular weight excluding hydrogens is 520 g/mol. The SMILES string of the molecule is CCCCCCCCCCCCOCCC[N+](CC)(CCCOCCCCCCCCCCCC)CN1CCCC1=O. The molecule has 1 aliphatic rings. The monoisotopic (exact) mass is 596 g/mol. The summed E-state index contributed by atoms with van der Waals surface area (Å²) in [6, 6.07) is 0. The predicted octanol–water partition coefficient (Wildman–Crippen LogP) is 10.1. The van der Waals surface area contributed by atoms with Gasteiger partial charge in [-0.15, -0.1) is 0 Å². The Morgan fingerprint density at radius 3 is 1.29 bits per heavy atom. The van der Waals surface area contributed by atoms with E-state index in [9.17, 15) is 4.79 Å². The van der Waals surface area contributed by atoms with Crippen LogP contribution in [0.4, 0.5) is 0 Å². The van der Waals surface area contributed by atoms with Crippen molar-refractivity contribution in [1.82, 2.24) is 4.90 Å². The van der Waals surface area contributed by atoms with Gasteiger partial charge in [0.15, 0.2) is 6.67 Å². The van der Waals surface area contributed by atoms with Crippen molar-refractivity contribution >= 4 is 5.91 Å². The van der Waals surface area contributed by atoms with Crippen LogP contribution in [0.25, 0.3) is 0 Å². The largest absolute Gasteiger partial charge is 0.381 e. The number of ether oxygens (including phenoxy) is 2. The van der Waals surface area contributed by atoms with Gasteiger partial charge >= 0.3 is 0 Å². The Morgan fingerprint density at radius 1 is 0.548 bits per heavy atom. The van der Waals surface area contributed by atoms with E-state index in [0.717, 1.165) is 89.4 Å². The van der Waals surface area contributed by atoms with Gasteiger partial charge in [-0.1, -0.05) is 129 Å². The van der Waals surface area contributed by atoms with Crippen molar-refractivity contribution in [3.8, 4) is 0 Å². The number of nitrogens with zero attached hydrogens (tertiary/aromatic N) is 2. The Morgan fingerprint density at radius 2 is 0.929 bits per heavy atom. The van der Waals surface area contributed by atoms with Gasteiger partial charge in [-0.25, -0.2) is 0 Å². The maximum Gasteiger partial charge on any atom is 0.226 e. The molecule has 1 saturated heterocycles. The molecule has 0 N–H and O–H groups in total. The maximum atomic E-state index is 12.4. The second kappa shape index (κ2) is 29.1. The smallest absolute Gasteiger partial charge is 0.226 e. The van der Waals surface area contributed by atoms with Crippen LogP contribution in [0.15, 0.2) is 0 Å². The standard InChI is InChI=1S/C37H75N2O3/c1-4-7-9-11-13-15-17-19-21-23-32-41-34-26-30-39(6-3,36-38-29-25-28-37(38)40)31-27-35-42-33-24-22-20-18-16-14-12-10-8-5-2/h4-36H2,1-3H3/q+1. The van der Waals surface area contributed by atoms with Crippen LogP contribution in [0.3, 0.4) is 0 Å². The van der Waals surface area contributed by atoms with Crippen molar-refractivity contribution in [3.63, 3.8) is 0 Å². The first kappa shape index (κ1) is 39.4. The highest BCUT2D eigenvalue weighted by Crippen LogP contribution is 2.18. The van der Waals surface area contributed by atoms with Crippen LogP contribution in [0.2, 0.25) is 0 Å². The van der Waals surface area contributed by atoms with Crippen LogP contribution < -0.4 is 0 Å². The minimum absolute atomic E-state index is 0.348. The topological polar surface area (TPSA) is 38.8 Å². The zero-order valence-corrected chi connectivity index (χ0v) is 29.0. The lowest BCUT2D eigenvalue weighted by molar-refractivity contribution is -0.934. The molecule has 5 heteroatoms. The molecule has 1 fully saturated rings. The molecule has 0 saturated carbocycles. The van der Waals surface area contributed by atoms with Gasteiger partial charge in [0.05, 0.1) is 32.8 Å². The molecule has 1 amide bonds. The molecular formula is C37H75N2O3+. The molecule has 250 valence electrons. The van der Waals surface area contributed by atoms with Gasteiger partial charge in [0.2, 0.25) is 5.91 Å². The van der Waals surface area contributed by atoms with Gasteiger partial charge in [0.1, 0.15) is 0 Å². The second-order valence-electron chi connectivity index (χ2n) is 13.3. The van der Waals surface area contributed by atoms with E-state index in [0.29, 0.717) is 5.91 Å². The average Bonchev–Trinajstić information content (AvgIpc) is 3.40. The number of quaternary nitrogens is 1. The molecule has 0 aromatic rings. The van der Waals surface area contributed by atoms with E-state index >= 15 is 0 Å². The summed E-state index contributed by atoms with van der Waals surface area (Å²) in [7, 11) is 0. The van der Waals surface area contributed by atoms with Crippen molar-refractivity contribution in [2.75, 3.05) is 59.3 Å². The fraction of sp³-hybridized carbons (Fsp3) is 0.973. The summed E-state index contributed by atoms with van der Waals surface area (Å²) in [5.74, 6) is 0.348. The van der Waals surface area contributed by atoms with Gasteiger partial charge in [-0.2, -0.15) is 0 Å². The Labute approximate surface area is 263 Å². The molecule has 0 aliphatic carbocycles. The van der Waals surface area contributed by atoms with Crippen LogP contribution in [0, 0.1) is 0 Å². The Kier molecular flexibility index (Phi) is 27.3. The average molecular weight is 596 g/mol. The number of rotatable bonds is 33. The number of unbranched alkanes of at least 4 members (excludes halogenated alkanes) is 18. The second-order valence-corrected chi connectivity index (χ2v) is 13.3. The van der Waals surface area contributed by atoms with Crippen LogP contribution in [-0.4, -0.2) is 74.6 Å². The molecule has 5 nitrogen and oxygen atoms in total. The quantitative estimate of drug-likeness (QED) is 0.0560. The van der Waals surface area contributed by atoms with E-state index in [4.69, 9.17) is 9.47 Å². The number of likely N-dealkylation sites (tertiary alicyclic amines) is 1. The van der Waals surface area contributed by atoms with Gasteiger partial charge < -0.3 is 14.0 Å². The third-order valence-electron chi connectivity index (χ3n) is 9.44. The zero-order chi connectivity index (χ0) is 30.4. The minimum atomic E-state index is 0.348. The van der Waals surface area contributed by atoms with E-state index in [1.165, 1.54) is 128 Å². The lowest BCUT2D eigenvalue weighted by Gasteiger charge is -2.40. The molecule has 0 atom stereocenters. The van der Waals surface area contributed by atoms with Crippen molar-refractivity contribution in [1.29, 1.82) is 0 Å². The number of hydrogen-bond acceptors (Lipinski definition) is 3. The lowest BCUT2D eigenvalue weighted by Crippen LogP contribution is -2.56. The van der Waals surface area contributed by atoms with E-state index < -0.39 is 0 Å². The fourth-order valence-corrected chi connectivity index (χ4v) is 6.48. The molecule has 0 radical (unpaired) electrons. The summed E-state index contributed by atoms with van der Waals surface area (Å²) in [6.45, 7) is 15.4. The summed E-state index contributed by atoms with van der Waals surface area (Å²) in [5, 5.41) is 0. The van der Waals surface area contributed by atoms with Crippen LogP contribution in [0.5, 0.6) is 0 Å². The zero-order valence-electron chi connectivity index (χ0n) is 29.0. The van der Waals surface area contributed by atoms with Gasteiger partial charge in [-0.05, 0) is 26.2 Å². The summed E-state index contributed by atoms with van der Waals surface area (Å²) >= 11 is 0. The number of hydrogen-bond donors (Lipinski definition) is 0. The van der Waals surface area contributed by atoms with E-state index in [1.54, 1.807) is 0 Å². The van der Waals surface area contributed by atoms with Crippen molar-refractivity contribution < 1.29 is 18.8 Å². The van der Waals surface area contributed by atoms with Gasteiger partial charge in [0, 0.05) is 39.0 Å². The molecule has 1 rings (SSSR count). The molecule has 42 heavy (non-hydrogen) atoms. The molecule has 0 aromatic heterocycles. The van der Waals surface area contributed by atoms with Crippen LogP contribution in [-0.2, 0) is 14.3 Å². The van der Waals surface area contributed by atoms with E-state index in [1.807, 2.05) is 0 Å². The lowest BCUT2D eigenvalue weighted by atomic mass is 10.1.